The number of benzene rings is 3. The van der Waals surface area contributed by atoms with Gasteiger partial charge in [-0.3, -0.25) is 4.79 Å². The van der Waals surface area contributed by atoms with Crippen LogP contribution >= 0.6 is 0 Å². The van der Waals surface area contributed by atoms with Crippen LogP contribution in [0.1, 0.15) is 27.3 Å². The smallest absolute Gasteiger partial charge is 0.271 e. The van der Waals surface area contributed by atoms with Gasteiger partial charge in [-0.1, -0.05) is 24.3 Å². The van der Waals surface area contributed by atoms with Gasteiger partial charge in [-0.25, -0.2) is 14.8 Å². The first-order valence-electron chi connectivity index (χ1n) is 9.31. The predicted molar refractivity (Wildman–Crippen MR) is 113 cm³/mol. The van der Waals surface area contributed by atoms with Gasteiger partial charge in [0.05, 0.1) is 24.4 Å². The quantitative estimate of drug-likeness (QED) is 0.377. The van der Waals surface area contributed by atoms with E-state index in [0.29, 0.717) is 17.5 Å². The number of fused-ring (bicyclic) bond motifs is 1. The Morgan fingerprint density at radius 3 is 2.63 bits per heavy atom. The molecule has 0 saturated carbocycles. The maximum atomic E-state index is 12.9. The Hall–Kier alpha value is -4.00. The number of rotatable bonds is 6. The number of hydrogen-bond donors (Lipinski definition) is 2. The number of aromatic amines is 1. The maximum absolute atomic E-state index is 12.9. The fourth-order valence-corrected chi connectivity index (χ4v) is 3.00. The maximum Gasteiger partial charge on any atom is 0.271 e. The topological polar surface area (TPSA) is 79.4 Å². The molecule has 3 aromatic carbocycles. The number of H-pyrrole nitrogens is 1. The van der Waals surface area contributed by atoms with Crippen molar-refractivity contribution in [1.82, 2.24) is 15.4 Å². The van der Waals surface area contributed by atoms with Gasteiger partial charge in [0, 0.05) is 12.0 Å². The zero-order chi connectivity index (χ0) is 20.9. The second kappa shape index (κ2) is 8.57. The van der Waals surface area contributed by atoms with Gasteiger partial charge in [-0.2, -0.15) is 5.10 Å². The van der Waals surface area contributed by atoms with Gasteiger partial charge in [-0.15, -0.1) is 0 Å². The molecule has 0 atom stereocenters. The van der Waals surface area contributed by atoms with Gasteiger partial charge < -0.3 is 9.72 Å². The summed E-state index contributed by atoms with van der Waals surface area (Å²) in [6, 6.07) is 18.8. The molecule has 6 nitrogen and oxygen atoms in total. The van der Waals surface area contributed by atoms with Crippen molar-refractivity contribution in [2.24, 2.45) is 5.10 Å². The van der Waals surface area contributed by atoms with Crippen molar-refractivity contribution < 1.29 is 13.9 Å². The summed E-state index contributed by atoms with van der Waals surface area (Å²) in [5.74, 6) is 0.945. The number of halogens is 1. The zero-order valence-electron chi connectivity index (χ0n) is 16.2. The zero-order valence-corrected chi connectivity index (χ0v) is 16.2. The van der Waals surface area contributed by atoms with Crippen molar-refractivity contribution >= 4 is 23.2 Å². The fraction of sp³-hybridized carbons (Fsp3) is 0.0870. The van der Waals surface area contributed by atoms with Crippen molar-refractivity contribution in [2.75, 3.05) is 7.11 Å². The van der Waals surface area contributed by atoms with Crippen LogP contribution in [0.15, 0.2) is 71.8 Å². The highest BCUT2D eigenvalue weighted by Crippen LogP contribution is 2.18. The van der Waals surface area contributed by atoms with Crippen LogP contribution in [0, 0.1) is 5.82 Å². The summed E-state index contributed by atoms with van der Waals surface area (Å²) in [6.45, 7) is 0. The molecular formula is C23H19FN4O2. The van der Waals surface area contributed by atoms with Gasteiger partial charge in [0.15, 0.2) is 0 Å². The van der Waals surface area contributed by atoms with Crippen molar-refractivity contribution in [3.63, 3.8) is 0 Å². The number of carbonyl (C=O) groups is 1. The van der Waals surface area contributed by atoms with E-state index in [4.69, 9.17) is 4.74 Å². The molecule has 2 N–H and O–H groups in total. The summed E-state index contributed by atoms with van der Waals surface area (Å²) in [6.07, 6.45) is 2.10. The summed E-state index contributed by atoms with van der Waals surface area (Å²) in [4.78, 5) is 20.2. The largest absolute Gasteiger partial charge is 0.497 e. The minimum absolute atomic E-state index is 0.324. The molecular weight excluding hydrogens is 383 g/mol. The molecule has 0 aliphatic rings. The van der Waals surface area contributed by atoms with Gasteiger partial charge in [0.2, 0.25) is 0 Å². The molecule has 30 heavy (non-hydrogen) atoms. The van der Waals surface area contributed by atoms with E-state index in [-0.39, 0.29) is 11.7 Å². The summed E-state index contributed by atoms with van der Waals surface area (Å²) in [5.41, 5.74) is 6.27. The molecule has 0 unspecified atom stereocenters. The Bertz CT molecular complexity index is 1200. The number of methoxy groups -OCH3 is 1. The molecule has 0 bridgehead atoms. The van der Waals surface area contributed by atoms with Gasteiger partial charge in [0.25, 0.3) is 5.91 Å². The first kappa shape index (κ1) is 19.3. The Labute approximate surface area is 172 Å². The monoisotopic (exact) mass is 402 g/mol. The van der Waals surface area contributed by atoms with E-state index in [1.807, 2.05) is 24.3 Å². The van der Waals surface area contributed by atoms with E-state index in [2.05, 4.69) is 20.5 Å². The average Bonchev–Trinajstić information content (AvgIpc) is 3.17. The third kappa shape index (κ3) is 4.52. The van der Waals surface area contributed by atoms with Gasteiger partial charge >= 0.3 is 0 Å². The molecule has 0 aliphatic carbocycles. The Morgan fingerprint density at radius 2 is 1.90 bits per heavy atom. The van der Waals surface area contributed by atoms with E-state index in [1.165, 1.54) is 18.3 Å². The van der Waals surface area contributed by atoms with E-state index in [9.17, 15) is 9.18 Å². The van der Waals surface area contributed by atoms with Crippen LogP contribution in [0.5, 0.6) is 5.75 Å². The highest BCUT2D eigenvalue weighted by atomic mass is 19.1. The lowest BCUT2D eigenvalue weighted by molar-refractivity contribution is 0.0955. The number of nitrogens with zero attached hydrogens (tertiary/aromatic N) is 2. The number of nitrogens with one attached hydrogen (secondary N) is 2. The number of hydrogen-bond acceptors (Lipinski definition) is 4. The van der Waals surface area contributed by atoms with Crippen LogP contribution < -0.4 is 10.2 Å². The van der Waals surface area contributed by atoms with Gasteiger partial charge in [-0.05, 0) is 53.6 Å². The second-order valence-electron chi connectivity index (χ2n) is 6.69. The van der Waals surface area contributed by atoms with Crippen LogP contribution in [0.2, 0.25) is 0 Å². The average molecular weight is 402 g/mol. The molecule has 0 aliphatic heterocycles. The van der Waals surface area contributed by atoms with Crippen molar-refractivity contribution in [1.29, 1.82) is 0 Å². The SMILES string of the molecule is COc1ccc(Cc2nc3ccc(C(=O)N/N=C\c4ccc(F)cc4)cc3[nH]2)cc1. The lowest BCUT2D eigenvalue weighted by Crippen LogP contribution is -2.17. The second-order valence-corrected chi connectivity index (χ2v) is 6.69. The summed E-state index contributed by atoms with van der Waals surface area (Å²) < 4.78 is 18.1. The minimum atomic E-state index is -0.346. The first-order valence-corrected chi connectivity index (χ1v) is 9.31. The lowest BCUT2D eigenvalue weighted by atomic mass is 10.1. The van der Waals surface area contributed by atoms with E-state index >= 15 is 0 Å². The Kier molecular flexibility index (Phi) is 5.52. The predicted octanol–water partition coefficient (Wildman–Crippen LogP) is 4.07. The molecule has 150 valence electrons. The Balaban J connectivity index is 1.44. The highest BCUT2D eigenvalue weighted by molar-refractivity contribution is 5.97. The molecule has 4 aromatic rings. The minimum Gasteiger partial charge on any atom is -0.497 e. The third-order valence-electron chi connectivity index (χ3n) is 4.57. The van der Waals surface area contributed by atoms with Crippen LogP contribution in [0.3, 0.4) is 0 Å². The molecule has 4 rings (SSSR count). The van der Waals surface area contributed by atoms with Crippen molar-refractivity contribution in [2.45, 2.75) is 6.42 Å². The number of ether oxygens (including phenoxy) is 1. The van der Waals surface area contributed by atoms with E-state index in [1.54, 1.807) is 37.4 Å². The molecule has 1 heterocycles. The first-order chi connectivity index (χ1) is 14.6. The third-order valence-corrected chi connectivity index (χ3v) is 4.57. The summed E-state index contributed by atoms with van der Waals surface area (Å²) >= 11 is 0. The van der Waals surface area contributed by atoms with Crippen molar-refractivity contribution in [3.05, 3.63) is 95.1 Å². The molecule has 1 aromatic heterocycles. The van der Waals surface area contributed by atoms with Crippen LogP contribution in [0.4, 0.5) is 4.39 Å². The lowest BCUT2D eigenvalue weighted by Gasteiger charge is -2.01. The Morgan fingerprint density at radius 1 is 1.13 bits per heavy atom. The number of aromatic nitrogens is 2. The number of amides is 1. The summed E-state index contributed by atoms with van der Waals surface area (Å²) in [5, 5.41) is 3.92. The fourth-order valence-electron chi connectivity index (χ4n) is 3.00. The number of carbonyl (C=O) groups excluding carboxylic acids is 1. The van der Waals surface area contributed by atoms with E-state index < -0.39 is 0 Å². The molecule has 0 fully saturated rings. The summed E-state index contributed by atoms with van der Waals surface area (Å²) in [7, 11) is 1.64. The van der Waals surface area contributed by atoms with Gasteiger partial charge in [0.1, 0.15) is 17.4 Å². The molecule has 7 heteroatoms. The van der Waals surface area contributed by atoms with Crippen LogP contribution in [0.25, 0.3) is 11.0 Å². The number of hydrazone groups is 1. The highest BCUT2D eigenvalue weighted by Gasteiger charge is 2.09. The van der Waals surface area contributed by atoms with Crippen LogP contribution in [-0.4, -0.2) is 29.2 Å². The molecule has 0 radical (unpaired) electrons. The normalized spacial score (nSPS) is 11.1. The van der Waals surface area contributed by atoms with Crippen molar-refractivity contribution in [3.8, 4) is 5.75 Å². The van der Waals surface area contributed by atoms with Crippen LogP contribution in [-0.2, 0) is 6.42 Å². The molecule has 0 spiro atoms. The standard InChI is InChI=1S/C23H19FN4O2/c1-30-19-9-4-15(5-10-19)12-22-26-20-11-6-17(13-21(20)27-22)23(29)28-25-14-16-2-7-18(24)8-3-16/h2-11,13-14H,12H2,1H3,(H,26,27)(H,28,29)/b25-14-. The number of imidazole rings is 1. The molecule has 1 amide bonds. The molecule has 0 saturated heterocycles. The van der Waals surface area contributed by atoms with E-state index in [0.717, 1.165) is 28.2 Å².